The molecular weight excluding hydrogens is 479 g/mol. The molecular formula is C32H35O4P. The number of phosphoric ester groups is 1. The van der Waals surface area contributed by atoms with Crippen LogP contribution >= 0.6 is 7.82 Å². The molecule has 4 aromatic carbocycles. The second-order valence-corrected chi connectivity index (χ2v) is 10.8. The Morgan fingerprint density at radius 1 is 0.595 bits per heavy atom. The molecule has 2 atom stereocenters. The molecule has 5 heteroatoms. The molecule has 0 spiro atoms. The molecule has 4 rings (SSSR count). The van der Waals surface area contributed by atoms with Crippen molar-refractivity contribution in [2.45, 2.75) is 52.4 Å². The topological polar surface area (TPSA) is 44.8 Å². The predicted molar refractivity (Wildman–Crippen MR) is 152 cm³/mol. The lowest BCUT2D eigenvalue weighted by Gasteiger charge is -2.21. The van der Waals surface area contributed by atoms with Crippen LogP contribution in [0.5, 0.6) is 17.2 Å². The van der Waals surface area contributed by atoms with E-state index in [1.165, 1.54) is 11.1 Å². The van der Waals surface area contributed by atoms with E-state index in [0.29, 0.717) is 29.1 Å². The fourth-order valence-corrected chi connectivity index (χ4v) is 5.29. The van der Waals surface area contributed by atoms with E-state index in [4.69, 9.17) is 13.6 Å². The summed E-state index contributed by atoms with van der Waals surface area (Å²) in [5.41, 5.74) is 4.14. The maximum atomic E-state index is 14.2. The summed E-state index contributed by atoms with van der Waals surface area (Å²) in [5, 5.41) is 0. The van der Waals surface area contributed by atoms with E-state index < -0.39 is 7.82 Å². The van der Waals surface area contributed by atoms with Crippen molar-refractivity contribution in [3.8, 4) is 28.4 Å². The molecule has 0 aliphatic carbocycles. The molecule has 0 N–H and O–H groups in total. The van der Waals surface area contributed by atoms with Crippen LogP contribution in [0.3, 0.4) is 0 Å². The second-order valence-electron chi connectivity index (χ2n) is 9.34. The van der Waals surface area contributed by atoms with E-state index in [1.54, 1.807) is 6.07 Å². The molecule has 0 bridgehead atoms. The Kier molecular flexibility index (Phi) is 8.74. The van der Waals surface area contributed by atoms with Crippen LogP contribution in [0.15, 0.2) is 103 Å². The van der Waals surface area contributed by atoms with Crippen LogP contribution in [-0.4, -0.2) is 0 Å². The number of benzene rings is 4. The van der Waals surface area contributed by atoms with Crippen molar-refractivity contribution in [3.63, 3.8) is 0 Å². The Morgan fingerprint density at radius 2 is 1.05 bits per heavy atom. The zero-order valence-electron chi connectivity index (χ0n) is 22.0. The quantitative estimate of drug-likeness (QED) is 0.187. The lowest BCUT2D eigenvalue weighted by molar-refractivity contribution is 0.299. The number of para-hydroxylation sites is 1. The highest BCUT2D eigenvalue weighted by atomic mass is 31.2. The second kappa shape index (κ2) is 12.2. The Balaban J connectivity index is 1.67. The van der Waals surface area contributed by atoms with Gasteiger partial charge in [-0.1, -0.05) is 100 Å². The maximum absolute atomic E-state index is 14.2. The molecule has 0 amide bonds. The van der Waals surface area contributed by atoms with Crippen molar-refractivity contribution < 1.29 is 18.1 Å². The lowest BCUT2D eigenvalue weighted by atomic mass is 9.99. The summed E-state index contributed by atoms with van der Waals surface area (Å²) in [5.74, 6) is 2.11. The van der Waals surface area contributed by atoms with Crippen LogP contribution in [0.4, 0.5) is 0 Å². The van der Waals surface area contributed by atoms with Gasteiger partial charge in [0.15, 0.2) is 0 Å². The van der Waals surface area contributed by atoms with Crippen molar-refractivity contribution in [3.05, 3.63) is 114 Å². The van der Waals surface area contributed by atoms with Gasteiger partial charge < -0.3 is 13.6 Å². The van der Waals surface area contributed by atoms with Gasteiger partial charge in [-0.2, -0.15) is 4.57 Å². The monoisotopic (exact) mass is 514 g/mol. The van der Waals surface area contributed by atoms with E-state index in [1.807, 2.05) is 97.1 Å². The molecule has 0 heterocycles. The summed E-state index contributed by atoms with van der Waals surface area (Å²) < 4.78 is 32.3. The Bertz CT molecular complexity index is 1260. The summed E-state index contributed by atoms with van der Waals surface area (Å²) >= 11 is 0. The number of hydrogen-bond donors (Lipinski definition) is 0. The standard InChI is InChI=1S/C32H35O4P/c1-5-24(3)26-16-20-29(21-17-26)34-37(33,35-30-22-18-27(19-23-30)25(4)6-2)36-32-15-11-10-14-31(32)28-12-8-7-9-13-28/h7-25H,5-6H2,1-4H3. The molecule has 37 heavy (non-hydrogen) atoms. The normalized spacial score (nSPS) is 14.3. The highest BCUT2D eigenvalue weighted by molar-refractivity contribution is 7.49. The van der Waals surface area contributed by atoms with E-state index in [-0.39, 0.29) is 0 Å². The summed E-state index contributed by atoms with van der Waals surface area (Å²) in [6, 6.07) is 32.5. The number of rotatable bonds is 11. The zero-order chi connectivity index (χ0) is 26.3. The van der Waals surface area contributed by atoms with E-state index in [2.05, 4.69) is 27.7 Å². The average molecular weight is 515 g/mol. The van der Waals surface area contributed by atoms with Crippen LogP contribution in [0, 0.1) is 0 Å². The van der Waals surface area contributed by atoms with Gasteiger partial charge in [0.1, 0.15) is 17.2 Å². The Morgan fingerprint density at radius 3 is 1.54 bits per heavy atom. The Labute approximate surface area is 220 Å². The van der Waals surface area contributed by atoms with Crippen LogP contribution in [-0.2, 0) is 4.57 Å². The smallest absolute Gasteiger partial charge is 0.386 e. The SMILES string of the molecule is CCC(C)c1ccc(OP(=O)(Oc2ccc(C(C)CC)cc2)Oc2ccccc2-c2ccccc2)cc1. The van der Waals surface area contributed by atoms with Crippen molar-refractivity contribution >= 4 is 7.82 Å². The molecule has 0 fully saturated rings. The molecule has 0 saturated carbocycles. The first kappa shape index (κ1) is 26.6. The summed E-state index contributed by atoms with van der Waals surface area (Å²) in [6.45, 7) is 8.66. The predicted octanol–water partition coefficient (Wildman–Crippen LogP) is 10.0. The molecule has 0 aliphatic rings. The number of phosphoric acid groups is 1. The minimum atomic E-state index is -4.12. The first-order valence-electron chi connectivity index (χ1n) is 12.9. The molecule has 2 unspecified atom stereocenters. The molecule has 0 radical (unpaired) electrons. The summed E-state index contributed by atoms with van der Waals surface area (Å²) in [7, 11) is -4.12. The fourth-order valence-electron chi connectivity index (χ4n) is 4.02. The van der Waals surface area contributed by atoms with Gasteiger partial charge in [0, 0.05) is 5.56 Å². The first-order chi connectivity index (χ1) is 17.9. The molecule has 0 saturated heterocycles. The Hall–Kier alpha value is -3.49. The van der Waals surface area contributed by atoms with Crippen molar-refractivity contribution in [2.75, 3.05) is 0 Å². The van der Waals surface area contributed by atoms with Crippen LogP contribution in [0.1, 0.15) is 63.5 Å². The largest absolute Gasteiger partial charge is 0.647 e. The lowest BCUT2D eigenvalue weighted by Crippen LogP contribution is -2.08. The highest BCUT2D eigenvalue weighted by Gasteiger charge is 2.34. The van der Waals surface area contributed by atoms with Crippen molar-refractivity contribution in [1.82, 2.24) is 0 Å². The van der Waals surface area contributed by atoms with Gasteiger partial charge in [0.25, 0.3) is 0 Å². The third kappa shape index (κ3) is 6.84. The van der Waals surface area contributed by atoms with Crippen molar-refractivity contribution in [2.24, 2.45) is 0 Å². The minimum Gasteiger partial charge on any atom is -0.386 e. The van der Waals surface area contributed by atoms with Gasteiger partial charge in [-0.15, -0.1) is 0 Å². The average Bonchev–Trinajstić information content (AvgIpc) is 2.93. The molecule has 0 aromatic heterocycles. The molecule has 0 aliphatic heterocycles. The van der Waals surface area contributed by atoms with Crippen LogP contribution < -0.4 is 13.6 Å². The van der Waals surface area contributed by atoms with Gasteiger partial charge in [-0.3, -0.25) is 0 Å². The van der Waals surface area contributed by atoms with Crippen molar-refractivity contribution in [1.29, 1.82) is 0 Å². The first-order valence-corrected chi connectivity index (χ1v) is 14.4. The maximum Gasteiger partial charge on any atom is 0.647 e. The van der Waals surface area contributed by atoms with E-state index in [9.17, 15) is 4.57 Å². The fraction of sp³-hybridized carbons (Fsp3) is 0.250. The van der Waals surface area contributed by atoms with E-state index in [0.717, 1.165) is 24.0 Å². The van der Waals surface area contributed by atoms with Gasteiger partial charge in [0.05, 0.1) is 0 Å². The summed E-state index contributed by atoms with van der Waals surface area (Å²) in [4.78, 5) is 0. The minimum absolute atomic E-state index is 0.420. The third-order valence-corrected chi connectivity index (χ3v) is 8.03. The van der Waals surface area contributed by atoms with Crippen LogP contribution in [0.25, 0.3) is 11.1 Å². The third-order valence-electron chi connectivity index (χ3n) is 6.74. The molecule has 4 aromatic rings. The molecule has 4 nitrogen and oxygen atoms in total. The zero-order valence-corrected chi connectivity index (χ0v) is 22.9. The van der Waals surface area contributed by atoms with Gasteiger partial charge in [-0.05, 0) is 71.7 Å². The summed E-state index contributed by atoms with van der Waals surface area (Å²) in [6.07, 6.45) is 2.07. The van der Waals surface area contributed by atoms with Gasteiger partial charge in [-0.25, -0.2) is 0 Å². The molecule has 192 valence electrons. The number of hydrogen-bond acceptors (Lipinski definition) is 4. The van der Waals surface area contributed by atoms with Crippen LogP contribution in [0.2, 0.25) is 0 Å². The van der Waals surface area contributed by atoms with Gasteiger partial charge in [0.2, 0.25) is 0 Å². The van der Waals surface area contributed by atoms with Gasteiger partial charge >= 0.3 is 7.82 Å². The highest BCUT2D eigenvalue weighted by Crippen LogP contribution is 2.51. The van der Waals surface area contributed by atoms with E-state index >= 15 is 0 Å².